The Morgan fingerprint density at radius 2 is 2.00 bits per heavy atom. The van der Waals surface area contributed by atoms with Gasteiger partial charge in [0.1, 0.15) is 0 Å². The third-order valence-corrected chi connectivity index (χ3v) is 6.69. The van der Waals surface area contributed by atoms with Gasteiger partial charge in [-0.3, -0.25) is 0 Å². The van der Waals surface area contributed by atoms with Gasteiger partial charge in [-0.1, -0.05) is 32.4 Å². The van der Waals surface area contributed by atoms with E-state index in [1.807, 2.05) is 0 Å². The average molecular weight is 350 g/mol. The Bertz CT molecular complexity index is 623. The first-order chi connectivity index (χ1) is 9.66. The van der Waals surface area contributed by atoms with E-state index < -0.39 is 10.0 Å². The first kappa shape index (κ1) is 17.1. The van der Waals surface area contributed by atoms with Crippen molar-refractivity contribution < 1.29 is 8.42 Å². The fraction of sp³-hybridized carbons (Fsp3) is 0.600. The highest BCUT2D eigenvalue weighted by atomic mass is 35.5. The third-order valence-electron chi connectivity index (χ3n) is 4.17. The molecule has 0 aliphatic carbocycles. The Kier molecular flexibility index (Phi) is 4.94. The van der Waals surface area contributed by atoms with Crippen molar-refractivity contribution in [1.82, 2.24) is 4.31 Å². The second kappa shape index (κ2) is 6.07. The fourth-order valence-corrected chi connectivity index (χ4v) is 4.64. The molecule has 1 aromatic rings. The molecule has 0 amide bonds. The molecular formula is C15H21Cl2NO2S. The van der Waals surface area contributed by atoms with Gasteiger partial charge in [-0.05, 0) is 41.5 Å². The van der Waals surface area contributed by atoms with E-state index in [1.165, 1.54) is 0 Å². The maximum Gasteiger partial charge on any atom is 0.243 e. The van der Waals surface area contributed by atoms with E-state index in [9.17, 15) is 8.42 Å². The minimum absolute atomic E-state index is 0.117. The lowest BCUT2D eigenvalue weighted by atomic mass is 9.80. The summed E-state index contributed by atoms with van der Waals surface area (Å²) in [6.45, 7) is 7.61. The molecule has 0 aromatic heterocycles. The molecular weight excluding hydrogens is 329 g/mol. The number of sulfonamides is 1. The molecule has 3 nitrogen and oxygen atoms in total. The van der Waals surface area contributed by atoms with Gasteiger partial charge in [0.15, 0.2) is 0 Å². The zero-order valence-electron chi connectivity index (χ0n) is 12.6. The molecule has 1 unspecified atom stereocenters. The van der Waals surface area contributed by atoms with Crippen molar-refractivity contribution in [2.75, 3.05) is 13.1 Å². The molecule has 1 aromatic carbocycles. The summed E-state index contributed by atoms with van der Waals surface area (Å²) >= 11 is 11.8. The summed E-state index contributed by atoms with van der Waals surface area (Å²) in [5.74, 6) is 0.583. The molecule has 0 bridgehead atoms. The van der Waals surface area contributed by atoms with Gasteiger partial charge >= 0.3 is 0 Å². The zero-order valence-corrected chi connectivity index (χ0v) is 14.9. The van der Waals surface area contributed by atoms with Crippen LogP contribution in [-0.4, -0.2) is 25.8 Å². The molecule has 2 rings (SSSR count). The van der Waals surface area contributed by atoms with Crippen molar-refractivity contribution in [1.29, 1.82) is 0 Å². The molecule has 118 valence electrons. The summed E-state index contributed by atoms with van der Waals surface area (Å²) in [6.07, 6.45) is 0.901. The smallest absolute Gasteiger partial charge is 0.207 e. The highest BCUT2D eigenvalue weighted by Gasteiger charge is 2.37. The molecule has 6 heteroatoms. The molecule has 1 aliphatic heterocycles. The second-order valence-electron chi connectivity index (χ2n) is 6.60. The molecule has 1 saturated heterocycles. The average Bonchev–Trinajstić information content (AvgIpc) is 2.89. The molecule has 0 N–H and O–H groups in total. The van der Waals surface area contributed by atoms with Crippen LogP contribution in [0.25, 0.3) is 0 Å². The van der Waals surface area contributed by atoms with Gasteiger partial charge in [-0.15, -0.1) is 11.6 Å². The SMILES string of the molecule is CC(C)(C)C1CCN(S(=O)(=O)c2ccc(Cl)c(CCl)c2)C1. The van der Waals surface area contributed by atoms with Crippen LogP contribution in [-0.2, 0) is 15.9 Å². The van der Waals surface area contributed by atoms with Gasteiger partial charge in [-0.25, -0.2) is 8.42 Å². The van der Waals surface area contributed by atoms with Crippen LogP contribution in [0.3, 0.4) is 0 Å². The van der Waals surface area contributed by atoms with Crippen molar-refractivity contribution in [2.24, 2.45) is 11.3 Å². The van der Waals surface area contributed by atoms with Gasteiger partial charge in [0, 0.05) is 24.0 Å². The van der Waals surface area contributed by atoms with Crippen LogP contribution in [0.1, 0.15) is 32.8 Å². The minimum Gasteiger partial charge on any atom is -0.207 e. The molecule has 1 aliphatic rings. The summed E-state index contributed by atoms with van der Waals surface area (Å²) < 4.78 is 27.0. The van der Waals surface area contributed by atoms with Crippen molar-refractivity contribution in [2.45, 2.75) is 38.0 Å². The van der Waals surface area contributed by atoms with Crippen LogP contribution < -0.4 is 0 Å². The summed E-state index contributed by atoms with van der Waals surface area (Å²) in [6, 6.07) is 4.73. The maximum absolute atomic E-state index is 12.7. The van der Waals surface area contributed by atoms with Gasteiger partial charge in [-0.2, -0.15) is 4.31 Å². The van der Waals surface area contributed by atoms with Crippen molar-refractivity contribution in [3.8, 4) is 0 Å². The molecule has 0 spiro atoms. The number of rotatable bonds is 3. The Morgan fingerprint density at radius 1 is 1.33 bits per heavy atom. The summed E-state index contributed by atoms with van der Waals surface area (Å²) in [5.41, 5.74) is 0.761. The normalized spacial score (nSPS) is 20.9. The quantitative estimate of drug-likeness (QED) is 0.769. The van der Waals surface area contributed by atoms with E-state index >= 15 is 0 Å². The van der Waals surface area contributed by atoms with Crippen LogP contribution in [0, 0.1) is 11.3 Å². The van der Waals surface area contributed by atoms with Crippen LogP contribution in [0.2, 0.25) is 5.02 Å². The number of halogens is 2. The van der Waals surface area contributed by atoms with Gasteiger partial charge in [0.2, 0.25) is 10.0 Å². The zero-order chi connectivity index (χ0) is 15.8. The number of hydrogen-bond acceptors (Lipinski definition) is 2. The maximum atomic E-state index is 12.7. The Morgan fingerprint density at radius 3 is 2.52 bits per heavy atom. The van der Waals surface area contributed by atoms with Crippen molar-refractivity contribution in [3.05, 3.63) is 28.8 Å². The lowest BCUT2D eigenvalue weighted by Gasteiger charge is -2.27. The molecule has 0 radical (unpaired) electrons. The molecule has 1 fully saturated rings. The lowest BCUT2D eigenvalue weighted by molar-refractivity contribution is 0.252. The van der Waals surface area contributed by atoms with Gasteiger partial charge in [0.05, 0.1) is 4.90 Å². The van der Waals surface area contributed by atoms with E-state index in [-0.39, 0.29) is 16.2 Å². The van der Waals surface area contributed by atoms with Crippen LogP contribution >= 0.6 is 23.2 Å². The van der Waals surface area contributed by atoms with E-state index in [4.69, 9.17) is 23.2 Å². The molecule has 1 heterocycles. The van der Waals surface area contributed by atoms with Crippen molar-refractivity contribution in [3.63, 3.8) is 0 Å². The van der Waals surface area contributed by atoms with E-state index in [2.05, 4.69) is 20.8 Å². The molecule has 1 atom stereocenters. The van der Waals surface area contributed by atoms with E-state index in [0.29, 0.717) is 29.6 Å². The molecule has 0 saturated carbocycles. The standard InChI is InChI=1S/C15H21Cl2NO2S/c1-15(2,3)12-6-7-18(10-12)21(19,20)13-4-5-14(17)11(8-13)9-16/h4-5,8,12H,6-7,9-10H2,1-3H3. The topological polar surface area (TPSA) is 37.4 Å². The summed E-state index contributed by atoms with van der Waals surface area (Å²) in [4.78, 5) is 0.275. The van der Waals surface area contributed by atoms with E-state index in [1.54, 1.807) is 22.5 Å². The number of nitrogens with zero attached hydrogens (tertiary/aromatic N) is 1. The lowest BCUT2D eigenvalue weighted by Crippen LogP contribution is -2.31. The first-order valence-corrected chi connectivity index (χ1v) is 9.36. The fourth-order valence-electron chi connectivity index (χ4n) is 2.62. The van der Waals surface area contributed by atoms with Gasteiger partial charge in [0.25, 0.3) is 0 Å². The predicted octanol–water partition coefficient (Wildman–Crippen LogP) is 4.14. The van der Waals surface area contributed by atoms with Crippen molar-refractivity contribution >= 4 is 33.2 Å². The Balaban J connectivity index is 2.27. The highest BCUT2D eigenvalue weighted by Crippen LogP contribution is 2.36. The Labute approximate surface area is 137 Å². The van der Waals surface area contributed by atoms with E-state index in [0.717, 1.165) is 6.42 Å². The van der Waals surface area contributed by atoms with Gasteiger partial charge < -0.3 is 0 Å². The number of alkyl halides is 1. The monoisotopic (exact) mass is 349 g/mol. The summed E-state index contributed by atoms with van der Waals surface area (Å²) in [5, 5.41) is 0.498. The minimum atomic E-state index is -3.47. The summed E-state index contributed by atoms with van der Waals surface area (Å²) in [7, 11) is -3.47. The van der Waals surface area contributed by atoms with Crippen LogP contribution in [0.4, 0.5) is 0 Å². The Hall–Kier alpha value is -0.290. The first-order valence-electron chi connectivity index (χ1n) is 7.01. The highest BCUT2D eigenvalue weighted by molar-refractivity contribution is 7.89. The van der Waals surface area contributed by atoms with Crippen LogP contribution in [0.15, 0.2) is 23.1 Å². The third kappa shape index (κ3) is 3.55. The molecule has 21 heavy (non-hydrogen) atoms. The number of benzene rings is 1. The largest absolute Gasteiger partial charge is 0.243 e. The second-order valence-corrected chi connectivity index (χ2v) is 9.21. The predicted molar refractivity (Wildman–Crippen MR) is 87.3 cm³/mol. The number of hydrogen-bond donors (Lipinski definition) is 0. The van der Waals surface area contributed by atoms with Crippen LogP contribution in [0.5, 0.6) is 0 Å².